The number of carboxylic acids is 1. The number of carboxylic acid groups (broad SMARTS) is 1. The van der Waals surface area contributed by atoms with Crippen LogP contribution in [0.15, 0.2) is 78.9 Å². The average molecular weight is 1450 g/mol. The number of Topliss-reactive ketones (excluding diaryl/α,β-unsaturated/α-hetero) is 1. The van der Waals surface area contributed by atoms with Crippen molar-refractivity contribution in [3.63, 3.8) is 0 Å². The zero-order valence-electron chi connectivity index (χ0n) is 54.5. The number of nitrogens with two attached hydrogens (primary N) is 2. The van der Waals surface area contributed by atoms with Gasteiger partial charge < -0.3 is 123 Å². The Labute approximate surface area is 585 Å². The monoisotopic (exact) mass is 1450 g/mol. The molecule has 0 aliphatic carbocycles. The van der Waals surface area contributed by atoms with E-state index in [1.807, 2.05) is 13.8 Å². The third-order valence-electron chi connectivity index (χ3n) is 18.1. The molecular weight excluding hydrogens is 1370 g/mol. The first kappa shape index (κ1) is 74.7. The molecule has 11 bridgehead atoms. The molecule has 7 heterocycles. The number of hydrogen-bond donors (Lipinski definition) is 18. The van der Waals surface area contributed by atoms with Crippen LogP contribution in [-0.4, -0.2) is 185 Å². The quantitative estimate of drug-likeness (QED) is 0.0787. The molecule has 12 rings (SSSR count). The largest absolute Gasteiger partial charge is 0.508 e. The number of carbonyl (C=O) groups is 8. The van der Waals surface area contributed by atoms with E-state index in [9.17, 15) is 75.0 Å². The molecule has 32 nitrogen and oxygen atoms in total. The first-order valence-electron chi connectivity index (χ1n) is 31.8. The van der Waals surface area contributed by atoms with Gasteiger partial charge in [-0.05, 0) is 110 Å². The highest BCUT2D eigenvalue weighted by Crippen LogP contribution is 2.50. The second-order valence-corrected chi connectivity index (χ2v) is 26.8. The number of aliphatic hydroxyl groups excluding tert-OH is 6. The highest BCUT2D eigenvalue weighted by atomic mass is 35.5. The number of hydrogen-bond acceptors (Lipinski definition) is 25. The Balaban J connectivity index is 1.24. The van der Waals surface area contributed by atoms with Crippen LogP contribution in [0.2, 0.25) is 10.0 Å². The maximum atomic E-state index is 16.0. The Morgan fingerprint density at radius 1 is 0.733 bits per heavy atom. The number of nitrogens with one attached hydrogen (secondary N) is 6. The van der Waals surface area contributed by atoms with Crippen molar-refractivity contribution in [1.82, 2.24) is 31.9 Å². The fourth-order valence-corrected chi connectivity index (χ4v) is 13.2. The lowest BCUT2D eigenvalue weighted by molar-refractivity contribution is -0.333. The van der Waals surface area contributed by atoms with Crippen molar-refractivity contribution in [2.24, 2.45) is 23.3 Å². The van der Waals surface area contributed by atoms with Gasteiger partial charge in [-0.2, -0.15) is 0 Å². The number of phenolic OH excluding ortho intramolecular Hbond substituents is 3. The summed E-state index contributed by atoms with van der Waals surface area (Å²) >= 11 is 14.1. The minimum Gasteiger partial charge on any atom is -0.508 e. The number of fused-ring (bicyclic) bond motifs is 15. The summed E-state index contributed by atoms with van der Waals surface area (Å²) in [5.41, 5.74) is 8.24. The summed E-state index contributed by atoms with van der Waals surface area (Å²) in [6, 6.07) is 2.12. The molecule has 5 aromatic carbocycles. The lowest BCUT2D eigenvalue weighted by atomic mass is 9.84. The summed E-state index contributed by atoms with van der Waals surface area (Å²) in [6.45, 7) is 5.68. The van der Waals surface area contributed by atoms with Gasteiger partial charge in [0.05, 0.1) is 53.3 Å². The first-order chi connectivity index (χ1) is 47.7. The van der Waals surface area contributed by atoms with Gasteiger partial charge in [-0.3, -0.25) is 33.6 Å². The Morgan fingerprint density at radius 3 is 1.94 bits per heavy atom. The van der Waals surface area contributed by atoms with E-state index in [0.29, 0.717) is 0 Å². The summed E-state index contributed by atoms with van der Waals surface area (Å²) in [5, 5.41) is 128. The summed E-state index contributed by atoms with van der Waals surface area (Å²) in [6.07, 6.45) is -19.5. The van der Waals surface area contributed by atoms with Crippen LogP contribution in [0.3, 0.4) is 0 Å². The van der Waals surface area contributed by atoms with Gasteiger partial charge in [-0.25, -0.2) is 4.79 Å². The molecule has 7 aliphatic heterocycles. The molecule has 101 heavy (non-hydrogen) atoms. The fourth-order valence-electron chi connectivity index (χ4n) is 12.8. The number of primary amides is 1. The van der Waals surface area contributed by atoms with E-state index in [-0.39, 0.29) is 52.0 Å². The van der Waals surface area contributed by atoms with Crippen LogP contribution in [0.5, 0.6) is 46.0 Å². The number of rotatable bonds is 13. The molecular formula is C67H76Cl2N8O24. The Morgan fingerprint density at radius 2 is 1.36 bits per heavy atom. The molecule has 13 unspecified atom stereocenters. The molecule has 18 atom stereocenters. The Kier molecular flexibility index (Phi) is 22.4. The number of aromatic hydroxyl groups is 3. The molecule has 34 heteroatoms. The highest BCUT2D eigenvalue weighted by Gasteiger charge is 2.51. The number of aliphatic carboxylic acids is 1. The summed E-state index contributed by atoms with van der Waals surface area (Å²) in [5.74, 6) is -17.4. The number of carbonyl (C=O) groups excluding carboxylic acids is 7. The molecule has 6 amide bonds. The number of ether oxygens (including phenoxy) is 6. The fraction of sp³-hybridized carbons (Fsp3) is 0.433. The first-order valence-corrected chi connectivity index (χ1v) is 32.6. The maximum absolute atomic E-state index is 16.0. The zero-order chi connectivity index (χ0) is 73.5. The van der Waals surface area contributed by atoms with Crippen molar-refractivity contribution in [3.05, 3.63) is 117 Å². The molecule has 0 radical (unpaired) electrons. The van der Waals surface area contributed by atoms with E-state index in [1.165, 1.54) is 39.1 Å². The van der Waals surface area contributed by atoms with Crippen molar-refractivity contribution in [2.45, 2.75) is 157 Å². The van der Waals surface area contributed by atoms with Gasteiger partial charge in [0, 0.05) is 41.1 Å². The van der Waals surface area contributed by atoms with E-state index in [2.05, 4.69) is 31.9 Å². The van der Waals surface area contributed by atoms with Crippen LogP contribution in [0.4, 0.5) is 0 Å². The second kappa shape index (κ2) is 30.3. The normalized spacial score (nSPS) is 29.5. The Bertz CT molecular complexity index is 4070. The summed E-state index contributed by atoms with van der Waals surface area (Å²) in [4.78, 5) is 117. The molecule has 0 aromatic heterocycles. The van der Waals surface area contributed by atoms with Gasteiger partial charge in [-0.1, -0.05) is 55.2 Å². The van der Waals surface area contributed by atoms with Crippen LogP contribution >= 0.6 is 23.2 Å². The molecule has 7 aliphatic rings. The smallest absolute Gasteiger partial charge is 0.330 e. The molecule has 5 aromatic rings. The van der Waals surface area contributed by atoms with Crippen molar-refractivity contribution in [2.75, 3.05) is 13.7 Å². The summed E-state index contributed by atoms with van der Waals surface area (Å²) < 4.78 is 38.3. The van der Waals surface area contributed by atoms with Crippen LogP contribution in [0.1, 0.15) is 112 Å². The van der Waals surface area contributed by atoms with Crippen molar-refractivity contribution in [3.8, 4) is 57.1 Å². The molecule has 20 N–H and O–H groups in total. The molecule has 2 fully saturated rings. The topological polar surface area (TPSA) is 518 Å². The van der Waals surface area contributed by atoms with Crippen LogP contribution in [0, 0.1) is 11.8 Å². The molecule has 0 spiro atoms. The second-order valence-electron chi connectivity index (χ2n) is 26.0. The van der Waals surface area contributed by atoms with Crippen molar-refractivity contribution in [1.29, 1.82) is 0 Å². The van der Waals surface area contributed by atoms with Gasteiger partial charge in [0.2, 0.25) is 47.5 Å². The van der Waals surface area contributed by atoms with Crippen LogP contribution in [-0.2, 0) is 52.6 Å². The average Bonchev–Trinajstić information content (AvgIpc) is 0.775. The Hall–Kier alpha value is -9.00. The summed E-state index contributed by atoms with van der Waals surface area (Å²) in [7, 11) is 1.48. The number of aliphatic hydroxyl groups is 6. The van der Waals surface area contributed by atoms with Gasteiger partial charge in [0.25, 0.3) is 0 Å². The van der Waals surface area contributed by atoms with E-state index in [1.54, 1.807) is 0 Å². The van der Waals surface area contributed by atoms with Crippen LogP contribution in [0.25, 0.3) is 11.1 Å². The maximum Gasteiger partial charge on any atom is 0.330 e. The number of ketones is 1. The van der Waals surface area contributed by atoms with Crippen molar-refractivity contribution < 1.29 is 118 Å². The third kappa shape index (κ3) is 15.9. The van der Waals surface area contributed by atoms with Crippen molar-refractivity contribution >= 4 is 70.4 Å². The van der Waals surface area contributed by atoms with E-state index in [4.69, 9.17) is 63.1 Å². The number of likely N-dealkylation sites (N-methyl/N-ethyl adjacent to an activating group) is 1. The minimum atomic E-state index is -2.32. The van der Waals surface area contributed by atoms with Gasteiger partial charge in [0.1, 0.15) is 77.3 Å². The van der Waals surface area contributed by atoms with E-state index < -0.39 is 238 Å². The van der Waals surface area contributed by atoms with Gasteiger partial charge in [-0.15, -0.1) is 0 Å². The SMILES string of the molecule is CNC(CC(C)C)C(=O)NC1C(=O)NC(CC(N)=O)C(=O)NC2C(=O)NC3C(=O)C[C@@H](C(=O)NC(C(=O)O)c4cc(O)cc(O)c4-c4cc3ccc4O)[C@H](O)c3ccc(c(Cl)c3)Oc3cc2cc(c3OC2OC(CO)C(O)C(O)[C@H]2O[C@@H]2C[C@](C)(N)C(O)C(C)O2)Oc2ccc(cc2Cl)C1O. The van der Waals surface area contributed by atoms with Gasteiger partial charge >= 0.3 is 5.97 Å². The predicted octanol–water partition coefficient (Wildman–Crippen LogP) is 1.20. The van der Waals surface area contributed by atoms with E-state index in [0.717, 1.165) is 60.7 Å². The molecule has 0 saturated carbocycles. The minimum absolute atomic E-state index is 0.0941. The number of phenols is 3. The number of amides is 6. The van der Waals surface area contributed by atoms with E-state index >= 15 is 14.4 Å². The predicted molar refractivity (Wildman–Crippen MR) is 350 cm³/mol. The number of benzene rings is 5. The third-order valence-corrected chi connectivity index (χ3v) is 18.7. The lowest BCUT2D eigenvalue weighted by Crippen LogP contribution is -2.64. The molecule has 2 saturated heterocycles. The standard InChI is InChI=1S/C67H76Cl2N8O24/c1-24(2)12-36(72-5)61(90)77-52-54(85)28-8-11-42(35(69)15-28)98-44-17-29-16-43(57(44)101-66-58(56(87)55(86)45(23-78)99-66)100-47-22-67(4,71)59(88)25(3)96-47)97-41-10-7-27(14-34(41)68)53(84)33-20-40(82)49(74-63(92)50(29)75-62(91)37(21-46(70)83)73-64(52)93)26-6-9-38(80)31(13-26)48-32(18-30(79)19-39(48)81)51(65(94)95)76-60(33)89/h6-11,13-19,24-25,33,36-37,45,47,49-56,58-59,66,72,78-81,84-88H,12,20-23,71H2,1-5H3,(H2,70,83)(H,73,93)(H,74,92)(H,75,91)(H,76,89)(H,77,90)(H,94,95)/t25?,33-,36?,37?,45?,47-,49?,50?,51?,52?,53-,54?,55?,56?,58-,59?,66?,67+/m1/s1. The lowest BCUT2D eigenvalue weighted by Gasteiger charge is -2.47. The van der Waals surface area contributed by atoms with Gasteiger partial charge in [0.15, 0.2) is 35.7 Å². The highest BCUT2D eigenvalue weighted by molar-refractivity contribution is 6.32. The number of halogens is 2. The zero-order valence-corrected chi connectivity index (χ0v) is 56.0. The van der Waals surface area contributed by atoms with Crippen LogP contribution < -0.4 is 57.6 Å². The molecule has 542 valence electrons.